The summed E-state index contributed by atoms with van der Waals surface area (Å²) in [6.07, 6.45) is 9.78. The average molecular weight is 336 g/mol. The summed E-state index contributed by atoms with van der Waals surface area (Å²) in [7, 11) is 4.17. The zero-order chi connectivity index (χ0) is 17.6. The Bertz CT molecular complexity index is 432. The van der Waals surface area contributed by atoms with E-state index in [0.717, 1.165) is 44.1 Å². The molecule has 0 aromatic heterocycles. The predicted octanol–water partition coefficient (Wildman–Crippen LogP) is 5.67. The van der Waals surface area contributed by atoms with Crippen LogP contribution in [-0.4, -0.2) is 32.2 Å². The van der Waals surface area contributed by atoms with E-state index in [9.17, 15) is 0 Å². The molecule has 3 nitrogen and oxygen atoms in total. The molecule has 0 bridgehead atoms. The van der Waals surface area contributed by atoms with E-state index in [1.165, 1.54) is 44.1 Å². The van der Waals surface area contributed by atoms with Crippen LogP contribution in [0.4, 0.5) is 0 Å². The fraction of sp³-hybridized carbons (Fsp3) is 0.714. The lowest BCUT2D eigenvalue weighted by molar-refractivity contribution is 0.258. The molecule has 0 aliphatic carbocycles. The Kier molecular flexibility index (Phi) is 11.4. The van der Waals surface area contributed by atoms with Crippen molar-refractivity contribution in [2.24, 2.45) is 0 Å². The standard InChI is InChI=1S/C21H37NO2/c1-5-7-9-11-15-23-20-14-13-19(18-22(3)4)17-21(20)24-16-12-10-8-6-2/h13-14,17H,5-12,15-16,18H2,1-4H3. The van der Waals surface area contributed by atoms with Gasteiger partial charge in [0.25, 0.3) is 0 Å². The molecular formula is C21H37NO2. The molecule has 0 aliphatic heterocycles. The molecule has 0 amide bonds. The third-order valence-electron chi connectivity index (χ3n) is 4.02. The first kappa shape index (κ1) is 20.8. The van der Waals surface area contributed by atoms with E-state index in [-0.39, 0.29) is 0 Å². The number of benzene rings is 1. The average Bonchev–Trinajstić information content (AvgIpc) is 2.55. The molecule has 0 unspecified atom stereocenters. The summed E-state index contributed by atoms with van der Waals surface area (Å²) in [5.41, 5.74) is 1.27. The largest absolute Gasteiger partial charge is 0.490 e. The van der Waals surface area contributed by atoms with Gasteiger partial charge >= 0.3 is 0 Å². The molecule has 1 rings (SSSR count). The third-order valence-corrected chi connectivity index (χ3v) is 4.02. The van der Waals surface area contributed by atoms with Gasteiger partial charge in [0, 0.05) is 6.54 Å². The van der Waals surface area contributed by atoms with Crippen LogP contribution in [0.15, 0.2) is 18.2 Å². The Balaban J connectivity index is 2.58. The smallest absolute Gasteiger partial charge is 0.161 e. The summed E-state index contributed by atoms with van der Waals surface area (Å²) >= 11 is 0. The van der Waals surface area contributed by atoms with Crippen molar-refractivity contribution in [1.82, 2.24) is 4.90 Å². The molecule has 0 aliphatic rings. The SMILES string of the molecule is CCCCCCOc1ccc(CN(C)C)cc1OCCCCCC. The Morgan fingerprint density at radius 2 is 1.33 bits per heavy atom. The number of hydrogen-bond donors (Lipinski definition) is 0. The third kappa shape index (κ3) is 9.17. The fourth-order valence-corrected chi connectivity index (χ4v) is 2.67. The summed E-state index contributed by atoms with van der Waals surface area (Å²) in [6.45, 7) is 6.94. The van der Waals surface area contributed by atoms with Crippen molar-refractivity contribution in [3.05, 3.63) is 23.8 Å². The molecule has 1 aromatic carbocycles. The maximum atomic E-state index is 6.04. The Morgan fingerprint density at radius 3 is 1.88 bits per heavy atom. The van der Waals surface area contributed by atoms with Gasteiger partial charge in [-0.3, -0.25) is 0 Å². The minimum absolute atomic E-state index is 0.775. The van der Waals surface area contributed by atoms with Gasteiger partial charge in [0.05, 0.1) is 13.2 Å². The van der Waals surface area contributed by atoms with Crippen LogP contribution in [0.3, 0.4) is 0 Å². The molecule has 1 aromatic rings. The molecule has 0 radical (unpaired) electrons. The van der Waals surface area contributed by atoms with E-state index in [1.54, 1.807) is 0 Å². The lowest BCUT2D eigenvalue weighted by Gasteiger charge is -2.16. The molecular weight excluding hydrogens is 298 g/mol. The Labute approximate surface area is 149 Å². The molecule has 0 N–H and O–H groups in total. The lowest BCUT2D eigenvalue weighted by Crippen LogP contribution is -2.11. The normalized spacial score (nSPS) is 11.0. The molecule has 138 valence electrons. The topological polar surface area (TPSA) is 21.7 Å². The van der Waals surface area contributed by atoms with Crippen molar-refractivity contribution >= 4 is 0 Å². The molecule has 0 atom stereocenters. The second kappa shape index (κ2) is 13.1. The highest BCUT2D eigenvalue weighted by molar-refractivity contribution is 5.43. The Hall–Kier alpha value is -1.22. The van der Waals surface area contributed by atoms with Gasteiger partial charge in [-0.15, -0.1) is 0 Å². The number of nitrogens with zero attached hydrogens (tertiary/aromatic N) is 1. The van der Waals surface area contributed by atoms with Crippen molar-refractivity contribution in [3.8, 4) is 11.5 Å². The molecule has 0 spiro atoms. The van der Waals surface area contributed by atoms with E-state index < -0.39 is 0 Å². The van der Waals surface area contributed by atoms with Crippen LogP contribution >= 0.6 is 0 Å². The van der Waals surface area contributed by atoms with Crippen molar-refractivity contribution in [2.45, 2.75) is 71.8 Å². The zero-order valence-corrected chi connectivity index (χ0v) is 16.3. The predicted molar refractivity (Wildman–Crippen MR) is 103 cm³/mol. The van der Waals surface area contributed by atoms with Gasteiger partial charge in [0.2, 0.25) is 0 Å². The van der Waals surface area contributed by atoms with Crippen molar-refractivity contribution in [2.75, 3.05) is 27.3 Å². The summed E-state index contributed by atoms with van der Waals surface area (Å²) in [4.78, 5) is 2.17. The van der Waals surface area contributed by atoms with Crippen LogP contribution in [0.5, 0.6) is 11.5 Å². The van der Waals surface area contributed by atoms with E-state index in [0.29, 0.717) is 0 Å². The molecule has 24 heavy (non-hydrogen) atoms. The van der Waals surface area contributed by atoms with Crippen LogP contribution in [-0.2, 0) is 6.54 Å². The van der Waals surface area contributed by atoms with Gasteiger partial charge < -0.3 is 14.4 Å². The maximum absolute atomic E-state index is 6.04. The zero-order valence-electron chi connectivity index (χ0n) is 16.3. The summed E-state index contributed by atoms with van der Waals surface area (Å²) in [5.74, 6) is 1.80. The monoisotopic (exact) mass is 335 g/mol. The highest BCUT2D eigenvalue weighted by atomic mass is 16.5. The minimum atomic E-state index is 0.775. The second-order valence-electron chi connectivity index (χ2n) is 6.84. The first-order valence-corrected chi connectivity index (χ1v) is 9.70. The van der Waals surface area contributed by atoms with Crippen molar-refractivity contribution < 1.29 is 9.47 Å². The van der Waals surface area contributed by atoms with Gasteiger partial charge in [-0.2, -0.15) is 0 Å². The van der Waals surface area contributed by atoms with E-state index in [1.807, 2.05) is 0 Å². The fourth-order valence-electron chi connectivity index (χ4n) is 2.67. The second-order valence-corrected chi connectivity index (χ2v) is 6.84. The van der Waals surface area contributed by atoms with Gasteiger partial charge in [-0.1, -0.05) is 58.4 Å². The van der Waals surface area contributed by atoms with Gasteiger partial charge in [-0.25, -0.2) is 0 Å². The first-order chi connectivity index (χ1) is 11.7. The maximum Gasteiger partial charge on any atom is 0.161 e. The lowest BCUT2D eigenvalue weighted by atomic mass is 10.2. The molecule has 3 heteroatoms. The number of ether oxygens (including phenoxy) is 2. The summed E-state index contributed by atoms with van der Waals surface area (Å²) < 4.78 is 12.0. The Morgan fingerprint density at radius 1 is 0.750 bits per heavy atom. The van der Waals surface area contributed by atoms with Crippen molar-refractivity contribution in [1.29, 1.82) is 0 Å². The van der Waals surface area contributed by atoms with E-state index in [4.69, 9.17) is 9.47 Å². The van der Waals surface area contributed by atoms with E-state index in [2.05, 4.69) is 51.0 Å². The summed E-state index contributed by atoms with van der Waals surface area (Å²) in [6, 6.07) is 6.35. The molecule has 0 saturated heterocycles. The first-order valence-electron chi connectivity index (χ1n) is 9.70. The van der Waals surface area contributed by atoms with Gasteiger partial charge in [0.15, 0.2) is 11.5 Å². The van der Waals surface area contributed by atoms with Gasteiger partial charge in [-0.05, 0) is 44.6 Å². The van der Waals surface area contributed by atoms with Crippen LogP contribution in [0.2, 0.25) is 0 Å². The van der Waals surface area contributed by atoms with Gasteiger partial charge in [0.1, 0.15) is 0 Å². The molecule has 0 heterocycles. The van der Waals surface area contributed by atoms with Crippen LogP contribution in [0.1, 0.15) is 70.8 Å². The highest BCUT2D eigenvalue weighted by Crippen LogP contribution is 2.29. The minimum Gasteiger partial charge on any atom is -0.490 e. The summed E-state index contributed by atoms with van der Waals surface area (Å²) in [5, 5.41) is 0. The van der Waals surface area contributed by atoms with Crippen LogP contribution < -0.4 is 9.47 Å². The van der Waals surface area contributed by atoms with Crippen molar-refractivity contribution in [3.63, 3.8) is 0 Å². The van der Waals surface area contributed by atoms with E-state index >= 15 is 0 Å². The quantitative estimate of drug-likeness (QED) is 0.409. The van der Waals surface area contributed by atoms with Crippen LogP contribution in [0.25, 0.3) is 0 Å². The highest BCUT2D eigenvalue weighted by Gasteiger charge is 2.08. The number of unbranched alkanes of at least 4 members (excludes halogenated alkanes) is 6. The molecule has 0 fully saturated rings. The molecule has 0 saturated carbocycles. The van der Waals surface area contributed by atoms with Crippen LogP contribution in [0, 0.1) is 0 Å². The number of hydrogen-bond acceptors (Lipinski definition) is 3. The number of rotatable bonds is 14.